The third kappa shape index (κ3) is 4.22. The van der Waals surface area contributed by atoms with Gasteiger partial charge < -0.3 is 5.32 Å². The van der Waals surface area contributed by atoms with Gasteiger partial charge >= 0.3 is 6.18 Å². The molecule has 0 unspecified atom stereocenters. The molecule has 2 aromatic heterocycles. The number of hydrogen-bond donors (Lipinski definition) is 1. The molecule has 3 aromatic rings. The van der Waals surface area contributed by atoms with Crippen LogP contribution in [0.4, 0.5) is 18.9 Å². The summed E-state index contributed by atoms with van der Waals surface area (Å²) in [6.07, 6.45) is -3.72. The molecule has 11 heteroatoms. The highest BCUT2D eigenvalue weighted by Crippen LogP contribution is 2.33. The summed E-state index contributed by atoms with van der Waals surface area (Å²) < 4.78 is 39.9. The molecule has 0 radical (unpaired) electrons. The maximum absolute atomic E-state index is 12.9. The Morgan fingerprint density at radius 2 is 2.00 bits per heavy atom. The summed E-state index contributed by atoms with van der Waals surface area (Å²) in [5, 5.41) is 10.6. The molecule has 0 spiro atoms. The van der Waals surface area contributed by atoms with Crippen LogP contribution in [0.2, 0.25) is 10.0 Å². The molecule has 1 amide bonds. The van der Waals surface area contributed by atoms with Crippen molar-refractivity contribution in [3.05, 3.63) is 52.1 Å². The third-order valence-corrected chi connectivity index (χ3v) is 4.65. The van der Waals surface area contributed by atoms with E-state index in [1.165, 1.54) is 0 Å². The van der Waals surface area contributed by atoms with Gasteiger partial charge in [0.15, 0.2) is 10.8 Å². The van der Waals surface area contributed by atoms with E-state index >= 15 is 0 Å². The van der Waals surface area contributed by atoms with E-state index in [1.807, 2.05) is 0 Å². The van der Waals surface area contributed by atoms with Crippen LogP contribution in [-0.2, 0) is 11.0 Å². The highest BCUT2D eigenvalue weighted by Gasteiger charge is 2.32. The second-order valence-electron chi connectivity index (χ2n) is 5.10. The molecule has 2 heterocycles. The first kappa shape index (κ1) is 18.8. The van der Waals surface area contributed by atoms with Gasteiger partial charge in [-0.2, -0.15) is 13.2 Å². The quantitative estimate of drug-likeness (QED) is 0.616. The number of anilines is 1. The van der Waals surface area contributed by atoms with E-state index in [-0.39, 0.29) is 27.5 Å². The molecule has 0 atom stereocenters. The molecule has 136 valence electrons. The minimum Gasteiger partial charge on any atom is -0.325 e. The van der Waals surface area contributed by atoms with Crippen molar-refractivity contribution in [3.8, 4) is 0 Å². The highest BCUT2D eigenvalue weighted by atomic mass is 35.5. The summed E-state index contributed by atoms with van der Waals surface area (Å²) in [5.74, 6) is -0.451. The lowest BCUT2D eigenvalue weighted by Crippen LogP contribution is -2.14. The van der Waals surface area contributed by atoms with Crippen molar-refractivity contribution < 1.29 is 18.0 Å². The van der Waals surface area contributed by atoms with Crippen molar-refractivity contribution in [3.63, 3.8) is 0 Å². The van der Waals surface area contributed by atoms with Crippen LogP contribution in [0.1, 0.15) is 5.56 Å². The van der Waals surface area contributed by atoms with Crippen LogP contribution in [0.5, 0.6) is 0 Å². The Hall–Kier alpha value is -1.97. The number of aromatic nitrogens is 3. The summed E-state index contributed by atoms with van der Waals surface area (Å²) >= 11 is 12.6. The minimum atomic E-state index is -4.56. The van der Waals surface area contributed by atoms with Gasteiger partial charge in [-0.3, -0.25) is 9.20 Å². The van der Waals surface area contributed by atoms with Gasteiger partial charge in [-0.15, -0.1) is 10.2 Å². The predicted octanol–water partition coefficient (Wildman–Crippen LogP) is 4.79. The summed E-state index contributed by atoms with van der Waals surface area (Å²) in [5.41, 5.74) is -0.339. The van der Waals surface area contributed by atoms with Crippen molar-refractivity contribution in [2.24, 2.45) is 0 Å². The van der Waals surface area contributed by atoms with Crippen LogP contribution in [0, 0.1) is 0 Å². The van der Waals surface area contributed by atoms with Crippen LogP contribution in [0.15, 0.2) is 41.7 Å². The number of hydrogen-bond acceptors (Lipinski definition) is 4. The van der Waals surface area contributed by atoms with E-state index in [0.717, 1.165) is 28.4 Å². The number of benzene rings is 1. The fraction of sp³-hybridized carbons (Fsp3) is 0.133. The zero-order valence-electron chi connectivity index (χ0n) is 12.7. The zero-order valence-corrected chi connectivity index (χ0v) is 15.0. The summed E-state index contributed by atoms with van der Waals surface area (Å²) in [6.45, 7) is 0. The molecule has 5 nitrogen and oxygen atoms in total. The van der Waals surface area contributed by atoms with Gasteiger partial charge in [-0.1, -0.05) is 41.0 Å². The maximum Gasteiger partial charge on any atom is 0.417 e. The van der Waals surface area contributed by atoms with Crippen molar-refractivity contribution in [2.75, 3.05) is 11.1 Å². The van der Waals surface area contributed by atoms with Crippen LogP contribution in [0.3, 0.4) is 0 Å². The molecule has 0 aliphatic carbocycles. The number of pyridine rings is 1. The Labute approximate surface area is 159 Å². The van der Waals surface area contributed by atoms with Gasteiger partial charge in [0.25, 0.3) is 0 Å². The fourth-order valence-electron chi connectivity index (χ4n) is 2.08. The molecule has 1 N–H and O–H groups in total. The number of nitrogens with one attached hydrogen (secondary N) is 1. The van der Waals surface area contributed by atoms with Crippen molar-refractivity contribution >= 4 is 52.2 Å². The van der Waals surface area contributed by atoms with Crippen molar-refractivity contribution in [1.29, 1.82) is 0 Å². The predicted molar refractivity (Wildman–Crippen MR) is 93.8 cm³/mol. The Bertz CT molecular complexity index is 977. The number of amides is 1. The fourth-order valence-corrected chi connectivity index (χ4v) is 3.23. The van der Waals surface area contributed by atoms with Gasteiger partial charge in [0.05, 0.1) is 16.3 Å². The second kappa shape index (κ2) is 7.34. The average Bonchev–Trinajstić information content (AvgIpc) is 2.96. The molecule has 0 bridgehead atoms. The van der Waals surface area contributed by atoms with Crippen LogP contribution in [-0.4, -0.2) is 26.3 Å². The maximum atomic E-state index is 12.9. The number of nitrogens with zero attached hydrogens (tertiary/aromatic N) is 3. The molecule has 3 rings (SSSR count). The standard InChI is InChI=1S/C15H9Cl2F3N4OS/c16-9-2-1-3-10(5-9)21-12(25)7-26-14-23-22-13-11(17)4-8(6-24(13)14)15(18,19)20/h1-6H,7H2,(H,21,25). The van der Waals surface area contributed by atoms with E-state index in [2.05, 4.69) is 15.5 Å². The molecular weight excluding hydrogens is 412 g/mol. The van der Waals surface area contributed by atoms with E-state index in [1.54, 1.807) is 24.3 Å². The Balaban J connectivity index is 1.76. The van der Waals surface area contributed by atoms with Gasteiger partial charge in [-0.05, 0) is 24.3 Å². The first-order valence-corrected chi connectivity index (χ1v) is 8.78. The Morgan fingerprint density at radius 3 is 2.69 bits per heavy atom. The molecule has 0 fully saturated rings. The molecule has 1 aromatic carbocycles. The second-order valence-corrected chi connectivity index (χ2v) is 6.88. The monoisotopic (exact) mass is 420 g/mol. The van der Waals surface area contributed by atoms with E-state index in [4.69, 9.17) is 23.2 Å². The van der Waals surface area contributed by atoms with Gasteiger partial charge in [0.2, 0.25) is 5.91 Å². The first-order valence-electron chi connectivity index (χ1n) is 7.04. The zero-order chi connectivity index (χ0) is 18.9. The van der Waals surface area contributed by atoms with E-state index in [9.17, 15) is 18.0 Å². The number of alkyl halides is 3. The topological polar surface area (TPSA) is 59.3 Å². The number of carbonyl (C=O) groups excluding carboxylic acids is 1. The number of carbonyl (C=O) groups is 1. The van der Waals surface area contributed by atoms with E-state index in [0.29, 0.717) is 10.7 Å². The lowest BCUT2D eigenvalue weighted by molar-refractivity contribution is -0.137. The minimum absolute atomic E-state index is 0.0809. The lowest BCUT2D eigenvalue weighted by Gasteiger charge is -2.09. The van der Waals surface area contributed by atoms with Gasteiger partial charge in [-0.25, -0.2) is 0 Å². The smallest absolute Gasteiger partial charge is 0.325 e. The Kier molecular flexibility index (Phi) is 5.31. The largest absolute Gasteiger partial charge is 0.417 e. The first-order chi connectivity index (χ1) is 12.2. The number of thioether (sulfide) groups is 1. The van der Waals surface area contributed by atoms with Gasteiger partial charge in [0.1, 0.15) is 0 Å². The van der Waals surface area contributed by atoms with Gasteiger partial charge in [0, 0.05) is 16.9 Å². The number of rotatable bonds is 4. The lowest BCUT2D eigenvalue weighted by atomic mass is 10.3. The Morgan fingerprint density at radius 1 is 1.23 bits per heavy atom. The number of halogens is 5. The van der Waals surface area contributed by atoms with Crippen molar-refractivity contribution in [2.45, 2.75) is 11.3 Å². The molecule has 0 aliphatic heterocycles. The molecule has 0 aliphatic rings. The van der Waals surface area contributed by atoms with Crippen LogP contribution >= 0.6 is 35.0 Å². The van der Waals surface area contributed by atoms with E-state index < -0.39 is 11.7 Å². The molecule has 26 heavy (non-hydrogen) atoms. The van der Waals surface area contributed by atoms with Crippen molar-refractivity contribution in [1.82, 2.24) is 14.6 Å². The average molecular weight is 421 g/mol. The SMILES string of the molecule is O=C(CSc1nnc2c(Cl)cc(C(F)(F)F)cn12)Nc1cccc(Cl)c1. The molecule has 0 saturated carbocycles. The third-order valence-electron chi connectivity index (χ3n) is 3.20. The highest BCUT2D eigenvalue weighted by molar-refractivity contribution is 7.99. The van der Waals surface area contributed by atoms with Crippen LogP contribution < -0.4 is 5.32 Å². The molecule has 0 saturated heterocycles. The molecular formula is C15H9Cl2F3N4OS. The summed E-state index contributed by atoms with van der Waals surface area (Å²) in [6, 6.07) is 7.36. The normalized spacial score (nSPS) is 11.7. The summed E-state index contributed by atoms with van der Waals surface area (Å²) in [4.78, 5) is 12.0. The summed E-state index contributed by atoms with van der Waals surface area (Å²) in [7, 11) is 0. The number of fused-ring (bicyclic) bond motifs is 1. The van der Waals surface area contributed by atoms with Crippen LogP contribution in [0.25, 0.3) is 5.65 Å².